The van der Waals surface area contributed by atoms with E-state index in [0.29, 0.717) is 0 Å². The van der Waals surface area contributed by atoms with Crippen LogP contribution in [0.5, 0.6) is 0 Å². The first kappa shape index (κ1) is 28.6. The SMILES string of the molecule is C[NH2+]c1ccc(Cl)cc1C(C/C=C1/N(C)c2ccc([N+](=O)[O-])cc2C1(C)C)(Cc1ccccc1)Cc1ccccc1. The summed E-state index contributed by atoms with van der Waals surface area (Å²) < 4.78 is 0. The Balaban J connectivity index is 1.68. The molecule has 4 aromatic carbocycles. The third kappa shape index (κ3) is 5.65. The van der Waals surface area contributed by atoms with Crippen LogP contribution in [0, 0.1) is 10.1 Å². The van der Waals surface area contributed by atoms with Gasteiger partial charge in [-0.3, -0.25) is 10.1 Å². The second-order valence-corrected chi connectivity index (χ2v) is 12.0. The fraction of sp³-hybridized carbons (Fsp3) is 0.257. The van der Waals surface area contributed by atoms with Crippen LogP contribution in [-0.4, -0.2) is 19.0 Å². The van der Waals surface area contributed by atoms with Crippen molar-refractivity contribution in [1.82, 2.24) is 0 Å². The van der Waals surface area contributed by atoms with Crippen LogP contribution >= 0.6 is 11.6 Å². The molecule has 0 aromatic heterocycles. The monoisotopic (exact) mass is 566 g/mol. The lowest BCUT2D eigenvalue weighted by atomic mass is 9.68. The number of fused-ring (bicyclic) bond motifs is 1. The molecule has 0 atom stereocenters. The van der Waals surface area contributed by atoms with E-state index in [0.717, 1.165) is 41.2 Å². The summed E-state index contributed by atoms with van der Waals surface area (Å²) in [6.45, 7) is 4.32. The zero-order valence-corrected chi connectivity index (χ0v) is 24.9. The van der Waals surface area contributed by atoms with Crippen molar-refractivity contribution in [3.8, 4) is 0 Å². The van der Waals surface area contributed by atoms with Gasteiger partial charge in [-0.2, -0.15) is 0 Å². The Morgan fingerprint density at radius 1 is 0.927 bits per heavy atom. The summed E-state index contributed by atoms with van der Waals surface area (Å²) >= 11 is 6.69. The van der Waals surface area contributed by atoms with E-state index in [1.165, 1.54) is 22.4 Å². The first-order valence-corrected chi connectivity index (χ1v) is 14.4. The Hall–Kier alpha value is -3.93. The van der Waals surface area contributed by atoms with Gasteiger partial charge in [0.15, 0.2) is 0 Å². The van der Waals surface area contributed by atoms with Gasteiger partial charge in [-0.05, 0) is 54.2 Å². The number of benzene rings is 4. The van der Waals surface area contributed by atoms with Gasteiger partial charge in [-0.1, -0.05) is 92.2 Å². The molecule has 0 unspecified atom stereocenters. The topological polar surface area (TPSA) is 63.0 Å². The van der Waals surface area contributed by atoms with Crippen LogP contribution < -0.4 is 10.2 Å². The Kier molecular flexibility index (Phi) is 8.03. The number of hydrogen-bond donors (Lipinski definition) is 1. The van der Waals surface area contributed by atoms with Gasteiger partial charge in [-0.25, -0.2) is 0 Å². The molecule has 1 aliphatic heterocycles. The van der Waals surface area contributed by atoms with Crippen molar-refractivity contribution in [3.05, 3.63) is 146 Å². The molecule has 0 aliphatic carbocycles. The standard InChI is InChI=1S/C35H36ClN3O2/c1-34(2)30-22-28(39(40)41)16-18-32(30)38(4)33(34)19-20-35(23-25-11-7-5-8-12-25,24-26-13-9-6-10-14-26)29-21-27(36)15-17-31(29)37-3/h5-19,21-22,37H,20,23-24H2,1-4H3/p+1/b33-19+. The molecule has 1 aliphatic rings. The molecule has 0 spiro atoms. The quantitative estimate of drug-likeness (QED) is 0.130. The van der Waals surface area contributed by atoms with E-state index in [4.69, 9.17) is 11.6 Å². The average molecular weight is 567 g/mol. The molecule has 4 aromatic rings. The summed E-state index contributed by atoms with van der Waals surface area (Å²) in [5.74, 6) is 0. The molecule has 0 radical (unpaired) electrons. The normalized spacial score (nSPS) is 15.2. The van der Waals surface area contributed by atoms with E-state index >= 15 is 0 Å². The summed E-state index contributed by atoms with van der Waals surface area (Å²) in [7, 11) is 4.14. The Morgan fingerprint density at radius 3 is 2.10 bits per heavy atom. The Labute approximate surface area is 247 Å². The van der Waals surface area contributed by atoms with Crippen LogP contribution in [-0.2, 0) is 23.7 Å². The lowest BCUT2D eigenvalue weighted by molar-refractivity contribution is -0.540. The number of likely N-dealkylation sites (N-methyl/N-ethyl adjacent to an activating group) is 1. The predicted octanol–water partition coefficient (Wildman–Crippen LogP) is 7.50. The van der Waals surface area contributed by atoms with Crippen molar-refractivity contribution < 1.29 is 10.2 Å². The zero-order valence-electron chi connectivity index (χ0n) is 24.1. The van der Waals surface area contributed by atoms with Gasteiger partial charge in [0.25, 0.3) is 5.69 Å². The fourth-order valence-electron chi connectivity index (χ4n) is 6.52. The molecule has 41 heavy (non-hydrogen) atoms. The van der Waals surface area contributed by atoms with Crippen LogP contribution in [0.15, 0.2) is 109 Å². The van der Waals surface area contributed by atoms with E-state index < -0.39 is 5.41 Å². The van der Waals surface area contributed by atoms with Crippen molar-refractivity contribution in [2.45, 2.75) is 43.9 Å². The molecular weight excluding hydrogens is 530 g/mol. The molecule has 0 fully saturated rings. The Morgan fingerprint density at radius 2 is 1.54 bits per heavy atom. The average Bonchev–Trinajstić information content (AvgIpc) is 3.16. The number of halogens is 1. The smallest absolute Gasteiger partial charge is 0.269 e. The van der Waals surface area contributed by atoms with Gasteiger partial charge in [-0.15, -0.1) is 0 Å². The summed E-state index contributed by atoms with van der Waals surface area (Å²) in [4.78, 5) is 13.5. The van der Waals surface area contributed by atoms with Crippen molar-refractivity contribution in [2.24, 2.45) is 0 Å². The van der Waals surface area contributed by atoms with Gasteiger partial charge >= 0.3 is 0 Å². The maximum atomic E-state index is 11.6. The molecule has 2 N–H and O–H groups in total. The van der Waals surface area contributed by atoms with Gasteiger partial charge in [0, 0.05) is 58.0 Å². The van der Waals surface area contributed by atoms with E-state index in [-0.39, 0.29) is 16.0 Å². The third-order valence-electron chi connectivity index (χ3n) is 8.58. The van der Waals surface area contributed by atoms with Crippen LogP contribution in [0.1, 0.15) is 42.5 Å². The number of nitrogens with zero attached hydrogens (tertiary/aromatic N) is 2. The van der Waals surface area contributed by atoms with Crippen molar-refractivity contribution in [1.29, 1.82) is 0 Å². The maximum Gasteiger partial charge on any atom is 0.269 e. The lowest BCUT2D eigenvalue weighted by Crippen LogP contribution is -2.73. The molecule has 5 rings (SSSR count). The van der Waals surface area contributed by atoms with Gasteiger partial charge in [0.2, 0.25) is 0 Å². The molecule has 0 saturated carbocycles. The number of quaternary nitrogens is 1. The first-order chi connectivity index (χ1) is 19.6. The van der Waals surface area contributed by atoms with Crippen molar-refractivity contribution in [2.75, 3.05) is 19.0 Å². The van der Waals surface area contributed by atoms with E-state index in [9.17, 15) is 10.1 Å². The third-order valence-corrected chi connectivity index (χ3v) is 8.82. The van der Waals surface area contributed by atoms with Crippen LogP contribution in [0.2, 0.25) is 5.02 Å². The fourth-order valence-corrected chi connectivity index (χ4v) is 6.69. The van der Waals surface area contributed by atoms with E-state index in [2.05, 4.69) is 117 Å². The number of anilines is 1. The van der Waals surface area contributed by atoms with Crippen LogP contribution in [0.3, 0.4) is 0 Å². The van der Waals surface area contributed by atoms with E-state index in [1.54, 1.807) is 12.1 Å². The molecule has 0 bridgehead atoms. The van der Waals surface area contributed by atoms with Gasteiger partial charge in [0.05, 0.1) is 12.0 Å². The minimum absolute atomic E-state index is 0.121. The van der Waals surface area contributed by atoms with Crippen molar-refractivity contribution in [3.63, 3.8) is 0 Å². The van der Waals surface area contributed by atoms with Gasteiger partial charge < -0.3 is 10.2 Å². The molecular formula is C35H37ClN3O2+. The summed E-state index contributed by atoms with van der Waals surface area (Å²) in [6.07, 6.45) is 4.78. The largest absolute Gasteiger partial charge is 0.347 e. The van der Waals surface area contributed by atoms with Crippen LogP contribution in [0.25, 0.3) is 0 Å². The predicted molar refractivity (Wildman–Crippen MR) is 168 cm³/mol. The number of rotatable bonds is 9. The second kappa shape index (κ2) is 11.5. The molecule has 0 saturated heterocycles. The highest BCUT2D eigenvalue weighted by molar-refractivity contribution is 6.30. The zero-order chi connectivity index (χ0) is 29.2. The summed E-state index contributed by atoms with van der Waals surface area (Å²) in [5.41, 5.74) is 7.48. The summed E-state index contributed by atoms with van der Waals surface area (Å²) in [5, 5.41) is 14.5. The Bertz CT molecular complexity index is 1540. The number of allylic oxidation sites excluding steroid dienone is 2. The minimum atomic E-state index is -0.393. The van der Waals surface area contributed by atoms with Crippen LogP contribution in [0.4, 0.5) is 17.1 Å². The molecule has 6 heteroatoms. The molecule has 1 heterocycles. The molecule has 5 nitrogen and oxygen atoms in total. The second-order valence-electron chi connectivity index (χ2n) is 11.6. The number of nitro groups is 1. The highest BCUT2D eigenvalue weighted by atomic mass is 35.5. The highest BCUT2D eigenvalue weighted by Crippen LogP contribution is 2.49. The van der Waals surface area contributed by atoms with E-state index in [1.807, 2.05) is 12.1 Å². The summed E-state index contributed by atoms with van der Waals surface area (Å²) in [6, 6.07) is 32.8. The molecule has 0 amide bonds. The highest BCUT2D eigenvalue weighted by Gasteiger charge is 2.41. The molecule has 210 valence electrons. The number of non-ortho nitro benzene ring substituents is 1. The van der Waals surface area contributed by atoms with Crippen molar-refractivity contribution >= 4 is 28.7 Å². The maximum absolute atomic E-state index is 11.6. The van der Waals surface area contributed by atoms with Gasteiger partial charge in [0.1, 0.15) is 5.69 Å². The first-order valence-electron chi connectivity index (χ1n) is 14.1. The number of nitrogens with two attached hydrogens (primary N) is 1. The minimum Gasteiger partial charge on any atom is -0.347 e. The lowest BCUT2D eigenvalue weighted by Gasteiger charge is -2.36. The number of nitro benzene ring substituents is 1. The number of hydrogen-bond acceptors (Lipinski definition) is 3.